The van der Waals surface area contributed by atoms with Gasteiger partial charge in [-0.3, -0.25) is 0 Å². The van der Waals surface area contributed by atoms with Crippen LogP contribution in [0.4, 0.5) is 10.6 Å². The largest absolute Gasteiger partial charge is 0.383 e. The van der Waals surface area contributed by atoms with E-state index in [4.69, 9.17) is 17.3 Å². The van der Waals surface area contributed by atoms with Crippen LogP contribution in [0.25, 0.3) is 0 Å². The normalized spacial score (nSPS) is 9.76. The van der Waals surface area contributed by atoms with Gasteiger partial charge in [-0.15, -0.1) is 16.5 Å². The van der Waals surface area contributed by atoms with Crippen LogP contribution in [0.3, 0.4) is 0 Å². The molecule has 0 radical (unpaired) electrons. The van der Waals surface area contributed by atoms with Gasteiger partial charge in [-0.25, -0.2) is 14.8 Å². The Labute approximate surface area is 102 Å². The lowest BCUT2D eigenvalue weighted by atomic mass is 10.3. The quantitative estimate of drug-likeness (QED) is 0.358. The summed E-state index contributed by atoms with van der Waals surface area (Å²) >= 11 is 5.32. The molecule has 0 saturated heterocycles. The molecule has 0 aliphatic rings. The highest BCUT2D eigenvalue weighted by Gasteiger charge is 2.12. The Balaban J connectivity index is 2.61. The molecule has 1 aromatic heterocycles. The van der Waals surface area contributed by atoms with Crippen LogP contribution in [0.1, 0.15) is 11.4 Å². The van der Waals surface area contributed by atoms with E-state index in [-0.39, 0.29) is 18.4 Å². The zero-order valence-electron chi connectivity index (χ0n) is 9.05. The minimum Gasteiger partial charge on any atom is -0.383 e. The molecule has 0 bridgehead atoms. The fourth-order valence-corrected chi connectivity index (χ4v) is 1.18. The van der Waals surface area contributed by atoms with Gasteiger partial charge in [-0.05, 0) is 6.92 Å². The molecule has 2 amide bonds. The SMILES string of the molecule is Cc1ncc(CNC(=O)N(CCl)N=O)c(N)n1. The summed E-state index contributed by atoms with van der Waals surface area (Å²) in [5.74, 6) is 0.809. The number of nitrogens with two attached hydrogens (primary N) is 1. The number of urea groups is 1. The summed E-state index contributed by atoms with van der Waals surface area (Å²) in [7, 11) is 0. The van der Waals surface area contributed by atoms with Gasteiger partial charge < -0.3 is 11.1 Å². The predicted molar refractivity (Wildman–Crippen MR) is 61.8 cm³/mol. The Bertz CT molecular complexity index is 426. The minimum absolute atomic E-state index is 0.0911. The lowest BCUT2D eigenvalue weighted by Crippen LogP contribution is -2.35. The topological polar surface area (TPSA) is 114 Å². The van der Waals surface area contributed by atoms with E-state index in [1.54, 1.807) is 6.92 Å². The Morgan fingerprint density at radius 3 is 2.94 bits per heavy atom. The number of hydrogen-bond acceptors (Lipinski definition) is 6. The first-order valence-corrected chi connectivity index (χ1v) is 5.14. The highest BCUT2D eigenvalue weighted by atomic mass is 35.5. The molecular formula is C8H11ClN6O2. The summed E-state index contributed by atoms with van der Waals surface area (Å²) in [5.41, 5.74) is 6.17. The van der Waals surface area contributed by atoms with E-state index >= 15 is 0 Å². The molecule has 0 aliphatic carbocycles. The van der Waals surface area contributed by atoms with Crippen LogP contribution in [0.5, 0.6) is 0 Å². The van der Waals surface area contributed by atoms with E-state index < -0.39 is 6.03 Å². The van der Waals surface area contributed by atoms with Gasteiger partial charge in [0.1, 0.15) is 17.6 Å². The number of carbonyl (C=O) groups is 1. The number of rotatable bonds is 4. The molecule has 1 aromatic rings. The fraction of sp³-hybridized carbons (Fsp3) is 0.375. The van der Waals surface area contributed by atoms with Crippen molar-refractivity contribution in [3.05, 3.63) is 22.5 Å². The van der Waals surface area contributed by atoms with E-state index in [9.17, 15) is 9.70 Å². The summed E-state index contributed by atoms with van der Waals surface area (Å²) < 4.78 is 0. The highest BCUT2D eigenvalue weighted by Crippen LogP contribution is 2.06. The second-order valence-corrected chi connectivity index (χ2v) is 3.33. The van der Waals surface area contributed by atoms with Crippen molar-refractivity contribution in [1.82, 2.24) is 20.3 Å². The van der Waals surface area contributed by atoms with Crippen molar-refractivity contribution in [2.45, 2.75) is 13.5 Å². The first-order valence-electron chi connectivity index (χ1n) is 4.61. The van der Waals surface area contributed by atoms with Crippen LogP contribution in [0, 0.1) is 11.8 Å². The Morgan fingerprint density at radius 1 is 1.71 bits per heavy atom. The second-order valence-electron chi connectivity index (χ2n) is 3.09. The maximum Gasteiger partial charge on any atom is 0.341 e. The van der Waals surface area contributed by atoms with E-state index in [0.717, 1.165) is 0 Å². The summed E-state index contributed by atoms with van der Waals surface area (Å²) in [4.78, 5) is 29.4. The number of aryl methyl sites for hydroxylation is 1. The van der Waals surface area contributed by atoms with Crippen molar-refractivity contribution < 1.29 is 4.79 Å². The molecule has 3 N–H and O–H groups in total. The van der Waals surface area contributed by atoms with Crippen molar-refractivity contribution in [1.29, 1.82) is 0 Å². The minimum atomic E-state index is -0.713. The molecule has 17 heavy (non-hydrogen) atoms. The van der Waals surface area contributed by atoms with Crippen molar-refractivity contribution in [2.75, 3.05) is 11.7 Å². The molecule has 0 unspecified atom stereocenters. The number of anilines is 1. The summed E-state index contributed by atoms with van der Waals surface area (Å²) in [6.45, 7) is 1.79. The molecule has 0 aliphatic heterocycles. The van der Waals surface area contributed by atoms with Crippen molar-refractivity contribution in [2.24, 2.45) is 5.29 Å². The highest BCUT2D eigenvalue weighted by molar-refractivity contribution is 6.18. The number of nitrogen functional groups attached to an aromatic ring is 1. The number of hydrogen-bond donors (Lipinski definition) is 2. The summed E-state index contributed by atoms with van der Waals surface area (Å²) in [6, 6.07) is -1.04. The van der Waals surface area contributed by atoms with Gasteiger partial charge in [-0.2, -0.15) is 5.01 Å². The average molecular weight is 259 g/mol. The zero-order chi connectivity index (χ0) is 12.8. The number of amides is 2. The monoisotopic (exact) mass is 258 g/mol. The molecule has 0 atom stereocenters. The molecule has 1 heterocycles. The standard InChI is InChI=1S/C8H11ClN6O2/c1-5-11-2-6(7(10)13-5)3-12-8(16)15(4-9)14-17/h2H,3-4H2,1H3,(H,12,16)(H2,10,11,13). The van der Waals surface area contributed by atoms with Crippen molar-refractivity contribution >= 4 is 23.4 Å². The molecule has 1 rings (SSSR count). The first kappa shape index (κ1) is 13.1. The van der Waals surface area contributed by atoms with Crippen LogP contribution < -0.4 is 11.1 Å². The van der Waals surface area contributed by atoms with Gasteiger partial charge in [0, 0.05) is 18.3 Å². The first-order chi connectivity index (χ1) is 8.08. The number of nitrogens with one attached hydrogen (secondary N) is 1. The maximum atomic E-state index is 11.3. The zero-order valence-corrected chi connectivity index (χ0v) is 9.81. The third-order valence-electron chi connectivity index (χ3n) is 1.89. The van der Waals surface area contributed by atoms with Crippen LogP contribution in [0.15, 0.2) is 11.5 Å². The van der Waals surface area contributed by atoms with Crippen molar-refractivity contribution in [3.63, 3.8) is 0 Å². The number of halogens is 1. The third kappa shape index (κ3) is 3.52. The van der Waals surface area contributed by atoms with Gasteiger partial charge in [0.2, 0.25) is 0 Å². The smallest absolute Gasteiger partial charge is 0.341 e. The van der Waals surface area contributed by atoms with E-state index in [1.165, 1.54) is 6.20 Å². The van der Waals surface area contributed by atoms with Gasteiger partial charge in [0.25, 0.3) is 0 Å². The Kier molecular flexibility index (Phi) is 4.58. The van der Waals surface area contributed by atoms with Crippen LogP contribution in [-0.4, -0.2) is 27.0 Å². The summed E-state index contributed by atoms with van der Waals surface area (Å²) in [5, 5.41) is 5.38. The fourth-order valence-electron chi connectivity index (χ4n) is 1.02. The van der Waals surface area contributed by atoms with Crippen LogP contribution in [-0.2, 0) is 6.54 Å². The molecule has 0 spiro atoms. The number of alkyl halides is 1. The Morgan fingerprint density at radius 2 is 2.41 bits per heavy atom. The van der Waals surface area contributed by atoms with Gasteiger partial charge in [0.05, 0.1) is 5.29 Å². The lowest BCUT2D eigenvalue weighted by Gasteiger charge is -2.11. The molecule has 0 fully saturated rings. The molecule has 92 valence electrons. The number of nitrogens with zero attached hydrogens (tertiary/aromatic N) is 4. The van der Waals surface area contributed by atoms with Crippen molar-refractivity contribution in [3.8, 4) is 0 Å². The molecule has 9 heteroatoms. The number of carbonyl (C=O) groups excluding carboxylic acids is 1. The van der Waals surface area contributed by atoms with Gasteiger partial charge in [0.15, 0.2) is 0 Å². The third-order valence-corrected chi connectivity index (χ3v) is 2.12. The number of nitroso groups, excluding NO2 is 1. The lowest BCUT2D eigenvalue weighted by molar-refractivity contribution is 0.207. The summed E-state index contributed by atoms with van der Waals surface area (Å²) in [6.07, 6.45) is 1.50. The molecule has 0 saturated carbocycles. The van der Waals surface area contributed by atoms with Gasteiger partial charge >= 0.3 is 6.03 Å². The maximum absolute atomic E-state index is 11.3. The van der Waals surface area contributed by atoms with E-state index in [0.29, 0.717) is 16.4 Å². The Hall–Kier alpha value is -1.96. The molecular weight excluding hydrogens is 248 g/mol. The molecule has 0 aromatic carbocycles. The van der Waals surface area contributed by atoms with E-state index in [1.807, 2.05) is 0 Å². The average Bonchev–Trinajstić information content (AvgIpc) is 2.29. The molecule has 8 nitrogen and oxygen atoms in total. The second kappa shape index (κ2) is 5.94. The predicted octanol–water partition coefficient (Wildman–Crippen LogP) is 0.757. The van der Waals surface area contributed by atoms with E-state index in [2.05, 4.69) is 20.6 Å². The van der Waals surface area contributed by atoms with Crippen LogP contribution in [0.2, 0.25) is 0 Å². The van der Waals surface area contributed by atoms with Gasteiger partial charge in [-0.1, -0.05) is 0 Å². The van der Waals surface area contributed by atoms with Crippen LogP contribution >= 0.6 is 11.6 Å². The number of aromatic nitrogens is 2.